The van der Waals surface area contributed by atoms with E-state index >= 15 is 0 Å². The molecule has 0 aromatic heterocycles. The van der Waals surface area contributed by atoms with Gasteiger partial charge in [0.2, 0.25) is 0 Å². The van der Waals surface area contributed by atoms with Gasteiger partial charge in [-0.15, -0.1) is 0 Å². The standard InChI is InChI=1S/C21H26BrNO4/c1-4-25-11-12-26-20-8-6-5-7-18(20)23-21(24)16-9-10-19(17(22)13-16)27-14-15(2)3/h5-10,13,15H,4,11-12,14H2,1-3H3,(H,23,24). The van der Waals surface area contributed by atoms with Crippen molar-refractivity contribution in [3.63, 3.8) is 0 Å². The first-order valence-electron chi connectivity index (χ1n) is 9.04. The second-order valence-corrected chi connectivity index (χ2v) is 7.20. The van der Waals surface area contributed by atoms with Crippen molar-refractivity contribution in [2.24, 2.45) is 5.92 Å². The van der Waals surface area contributed by atoms with Crippen LogP contribution in [0.15, 0.2) is 46.9 Å². The van der Waals surface area contributed by atoms with Gasteiger partial charge in [0, 0.05) is 12.2 Å². The lowest BCUT2D eigenvalue weighted by Gasteiger charge is -2.14. The highest BCUT2D eigenvalue weighted by Crippen LogP contribution is 2.28. The van der Waals surface area contributed by atoms with Gasteiger partial charge in [0.05, 0.1) is 23.4 Å². The summed E-state index contributed by atoms with van der Waals surface area (Å²) in [7, 11) is 0. The zero-order valence-corrected chi connectivity index (χ0v) is 17.5. The molecule has 0 aliphatic heterocycles. The Kier molecular flexibility index (Phi) is 8.61. The third kappa shape index (κ3) is 6.88. The van der Waals surface area contributed by atoms with Crippen LogP contribution < -0.4 is 14.8 Å². The van der Waals surface area contributed by atoms with E-state index < -0.39 is 0 Å². The Morgan fingerprint density at radius 1 is 1.07 bits per heavy atom. The van der Waals surface area contributed by atoms with Crippen molar-refractivity contribution < 1.29 is 19.0 Å². The van der Waals surface area contributed by atoms with E-state index in [2.05, 4.69) is 35.1 Å². The molecular formula is C21H26BrNO4. The molecule has 0 saturated heterocycles. The summed E-state index contributed by atoms with van der Waals surface area (Å²) in [6, 6.07) is 12.6. The monoisotopic (exact) mass is 435 g/mol. The maximum atomic E-state index is 12.6. The van der Waals surface area contributed by atoms with E-state index in [1.165, 1.54) is 0 Å². The van der Waals surface area contributed by atoms with Gasteiger partial charge in [0.25, 0.3) is 5.91 Å². The van der Waals surface area contributed by atoms with Gasteiger partial charge in [-0.2, -0.15) is 0 Å². The third-order valence-corrected chi connectivity index (χ3v) is 4.21. The smallest absolute Gasteiger partial charge is 0.255 e. The Balaban J connectivity index is 2.03. The van der Waals surface area contributed by atoms with Crippen molar-refractivity contribution in [3.8, 4) is 11.5 Å². The van der Waals surface area contributed by atoms with Gasteiger partial charge in [0.1, 0.15) is 18.1 Å². The largest absolute Gasteiger partial charge is 0.492 e. The molecule has 0 aliphatic rings. The summed E-state index contributed by atoms with van der Waals surface area (Å²) in [5, 5.41) is 2.90. The van der Waals surface area contributed by atoms with E-state index in [1.54, 1.807) is 18.2 Å². The lowest BCUT2D eigenvalue weighted by molar-refractivity contribution is 0.102. The van der Waals surface area contributed by atoms with Gasteiger partial charge in [-0.3, -0.25) is 4.79 Å². The third-order valence-electron chi connectivity index (χ3n) is 3.59. The molecular weight excluding hydrogens is 410 g/mol. The van der Waals surface area contributed by atoms with Crippen LogP contribution in [0.3, 0.4) is 0 Å². The first-order valence-corrected chi connectivity index (χ1v) is 9.83. The van der Waals surface area contributed by atoms with E-state index in [9.17, 15) is 4.79 Å². The maximum absolute atomic E-state index is 12.6. The fourth-order valence-electron chi connectivity index (χ4n) is 2.26. The Morgan fingerprint density at radius 3 is 2.56 bits per heavy atom. The normalized spacial score (nSPS) is 10.7. The second-order valence-electron chi connectivity index (χ2n) is 6.35. The summed E-state index contributed by atoms with van der Waals surface area (Å²) in [5.41, 5.74) is 1.15. The number of para-hydroxylation sites is 2. The molecule has 0 atom stereocenters. The van der Waals surface area contributed by atoms with Crippen LogP contribution in [-0.4, -0.2) is 32.3 Å². The van der Waals surface area contributed by atoms with Crippen LogP contribution in [0.4, 0.5) is 5.69 Å². The van der Waals surface area contributed by atoms with Gasteiger partial charge in [0.15, 0.2) is 0 Å². The molecule has 0 unspecified atom stereocenters. The summed E-state index contributed by atoms with van der Waals surface area (Å²) < 4.78 is 17.5. The van der Waals surface area contributed by atoms with Crippen molar-refractivity contribution >= 4 is 27.5 Å². The predicted molar refractivity (Wildman–Crippen MR) is 111 cm³/mol. The molecule has 0 saturated carbocycles. The average Bonchev–Trinajstić information content (AvgIpc) is 2.65. The number of hydrogen-bond acceptors (Lipinski definition) is 4. The average molecular weight is 436 g/mol. The number of carbonyl (C=O) groups excluding carboxylic acids is 1. The molecule has 146 valence electrons. The van der Waals surface area contributed by atoms with E-state index in [1.807, 2.05) is 31.2 Å². The highest BCUT2D eigenvalue weighted by Gasteiger charge is 2.12. The summed E-state index contributed by atoms with van der Waals surface area (Å²) in [6.07, 6.45) is 0. The highest BCUT2D eigenvalue weighted by atomic mass is 79.9. The van der Waals surface area contributed by atoms with Crippen molar-refractivity contribution in [3.05, 3.63) is 52.5 Å². The lowest BCUT2D eigenvalue weighted by atomic mass is 10.2. The van der Waals surface area contributed by atoms with Gasteiger partial charge in [-0.05, 0) is 59.1 Å². The molecule has 0 radical (unpaired) electrons. The molecule has 0 spiro atoms. The summed E-state index contributed by atoms with van der Waals surface area (Å²) >= 11 is 3.47. The number of benzene rings is 2. The zero-order chi connectivity index (χ0) is 19.6. The minimum atomic E-state index is -0.216. The highest BCUT2D eigenvalue weighted by molar-refractivity contribution is 9.10. The minimum absolute atomic E-state index is 0.216. The first kappa shape index (κ1) is 21.3. The van der Waals surface area contributed by atoms with Crippen LogP contribution >= 0.6 is 15.9 Å². The van der Waals surface area contributed by atoms with Crippen LogP contribution in [0.5, 0.6) is 11.5 Å². The number of ether oxygens (including phenoxy) is 3. The zero-order valence-electron chi connectivity index (χ0n) is 16.0. The molecule has 1 amide bonds. The van der Waals surface area contributed by atoms with Crippen molar-refractivity contribution in [1.82, 2.24) is 0 Å². The molecule has 2 aromatic rings. The van der Waals surface area contributed by atoms with E-state index in [0.29, 0.717) is 49.3 Å². The fraction of sp³-hybridized carbons (Fsp3) is 0.381. The number of hydrogen-bond donors (Lipinski definition) is 1. The Morgan fingerprint density at radius 2 is 1.85 bits per heavy atom. The van der Waals surface area contributed by atoms with Gasteiger partial charge < -0.3 is 19.5 Å². The number of carbonyl (C=O) groups is 1. The van der Waals surface area contributed by atoms with Crippen molar-refractivity contribution in [2.45, 2.75) is 20.8 Å². The second kappa shape index (κ2) is 10.9. The SMILES string of the molecule is CCOCCOc1ccccc1NC(=O)c1ccc(OCC(C)C)c(Br)c1. The quantitative estimate of drug-likeness (QED) is 0.524. The fourth-order valence-corrected chi connectivity index (χ4v) is 2.75. The molecule has 0 bridgehead atoms. The van der Waals surface area contributed by atoms with E-state index in [-0.39, 0.29) is 5.91 Å². The van der Waals surface area contributed by atoms with Crippen LogP contribution in [-0.2, 0) is 4.74 Å². The number of halogens is 1. The molecule has 0 fully saturated rings. The topological polar surface area (TPSA) is 56.8 Å². The summed E-state index contributed by atoms with van der Waals surface area (Å²) in [5.74, 6) is 1.55. The predicted octanol–water partition coefficient (Wildman–Crippen LogP) is 5.15. The van der Waals surface area contributed by atoms with Gasteiger partial charge >= 0.3 is 0 Å². The Labute approximate surface area is 169 Å². The van der Waals surface area contributed by atoms with Crippen molar-refractivity contribution in [1.29, 1.82) is 0 Å². The number of nitrogens with one attached hydrogen (secondary N) is 1. The molecule has 0 heterocycles. The van der Waals surface area contributed by atoms with Crippen LogP contribution in [0.25, 0.3) is 0 Å². The molecule has 5 nitrogen and oxygen atoms in total. The summed E-state index contributed by atoms with van der Waals surface area (Å²) in [6.45, 7) is 8.31. The molecule has 27 heavy (non-hydrogen) atoms. The first-order chi connectivity index (χ1) is 13.0. The molecule has 6 heteroatoms. The Bertz CT molecular complexity index is 749. The molecule has 0 aliphatic carbocycles. The number of anilines is 1. The lowest BCUT2D eigenvalue weighted by Crippen LogP contribution is -2.14. The van der Waals surface area contributed by atoms with Crippen molar-refractivity contribution in [2.75, 3.05) is 31.7 Å². The van der Waals surface area contributed by atoms with Crippen LogP contribution in [0.2, 0.25) is 0 Å². The Hall–Kier alpha value is -2.05. The van der Waals surface area contributed by atoms with Crippen LogP contribution in [0.1, 0.15) is 31.1 Å². The maximum Gasteiger partial charge on any atom is 0.255 e. The van der Waals surface area contributed by atoms with Gasteiger partial charge in [-0.1, -0.05) is 26.0 Å². The van der Waals surface area contributed by atoms with E-state index in [0.717, 1.165) is 10.2 Å². The molecule has 2 aromatic carbocycles. The number of rotatable bonds is 10. The summed E-state index contributed by atoms with van der Waals surface area (Å²) in [4.78, 5) is 12.6. The molecule has 1 N–H and O–H groups in total. The number of amides is 1. The molecule has 2 rings (SSSR count). The van der Waals surface area contributed by atoms with E-state index in [4.69, 9.17) is 14.2 Å². The van der Waals surface area contributed by atoms with Gasteiger partial charge in [-0.25, -0.2) is 0 Å². The minimum Gasteiger partial charge on any atom is -0.492 e. The van der Waals surface area contributed by atoms with Crippen LogP contribution in [0, 0.1) is 5.92 Å².